The number of hydrogen-bond donors (Lipinski definition) is 1. The molecule has 1 N–H and O–H groups in total. The lowest BCUT2D eigenvalue weighted by atomic mass is 10.1. The highest BCUT2D eigenvalue weighted by atomic mass is 16.6. The summed E-state index contributed by atoms with van der Waals surface area (Å²) in [6.07, 6.45) is 22.5. The van der Waals surface area contributed by atoms with Gasteiger partial charge in [-0.1, -0.05) is 156 Å². The summed E-state index contributed by atoms with van der Waals surface area (Å²) < 4.78 is 39.9. The number of hydrogen-bond acceptors (Lipinski definition) is 16. The van der Waals surface area contributed by atoms with Gasteiger partial charge in [-0.3, -0.25) is 28.8 Å². The van der Waals surface area contributed by atoms with E-state index in [2.05, 4.69) is 27.7 Å². The molecule has 17 heteroatoms. The molecule has 0 aliphatic carbocycles. The van der Waals surface area contributed by atoms with E-state index in [1.807, 2.05) is 11.9 Å². The number of aliphatic hydroxyl groups excluding tert-OH is 1. The Labute approximate surface area is 452 Å². The largest absolute Gasteiger partial charge is 0.465 e. The summed E-state index contributed by atoms with van der Waals surface area (Å²) in [7, 11) is 1.91. The number of ether oxygens (including phenoxy) is 7. The molecule has 1 fully saturated rings. The molecule has 1 saturated heterocycles. The molecule has 2 atom stereocenters. The topological polar surface area (TPSA) is 211 Å². The third-order valence-electron chi connectivity index (χ3n) is 13.4. The molecule has 1 heterocycles. The normalized spacial score (nSPS) is 14.3. The van der Waals surface area contributed by atoms with Crippen LogP contribution in [-0.4, -0.2) is 142 Å². The van der Waals surface area contributed by atoms with Crippen LogP contribution < -0.4 is 0 Å². The molecule has 0 spiro atoms. The molecular weight excluding hydrogens is 965 g/mol. The molecule has 0 radical (unpaired) electrons. The van der Waals surface area contributed by atoms with Crippen molar-refractivity contribution in [2.45, 2.75) is 245 Å². The van der Waals surface area contributed by atoms with Gasteiger partial charge in [0.25, 0.3) is 0 Å². The minimum atomic E-state index is -1.12. The van der Waals surface area contributed by atoms with Crippen LogP contribution in [0.3, 0.4) is 0 Å². The quantitative estimate of drug-likeness (QED) is 0.0341. The van der Waals surface area contributed by atoms with E-state index >= 15 is 0 Å². The highest BCUT2D eigenvalue weighted by Crippen LogP contribution is 2.23. The Kier molecular flexibility index (Phi) is 43.5. The smallest absolute Gasteiger partial charge is 0.410 e. The van der Waals surface area contributed by atoms with Crippen LogP contribution in [0.4, 0.5) is 4.79 Å². The van der Waals surface area contributed by atoms with Gasteiger partial charge >= 0.3 is 41.9 Å². The molecule has 1 rings (SSSR count). The first-order valence-electron chi connectivity index (χ1n) is 29.6. The maximum atomic E-state index is 13.8. The van der Waals surface area contributed by atoms with Gasteiger partial charge in [0.05, 0.1) is 59.0 Å². The van der Waals surface area contributed by atoms with Gasteiger partial charge in [-0.25, -0.2) is 4.79 Å². The van der Waals surface area contributed by atoms with E-state index in [4.69, 9.17) is 38.3 Å². The van der Waals surface area contributed by atoms with Crippen LogP contribution in [0.2, 0.25) is 0 Å². The number of carbonyl (C=O) groups excluding carboxylic acids is 7. The Morgan fingerprint density at radius 1 is 0.427 bits per heavy atom. The fourth-order valence-electron chi connectivity index (χ4n) is 8.72. The van der Waals surface area contributed by atoms with Crippen LogP contribution in [0, 0.1) is 11.8 Å². The Hall–Kier alpha value is -3.99. The Morgan fingerprint density at radius 2 is 0.733 bits per heavy atom. The SMILES string of the molecule is CCCCCCCCC(=O)OCC(COC(=O)CCCCCCCC)CC(=O)O[C@H]1CN(C(=O)OCCCN(C)CCCO)C[C@@H]1OC(=O)CC(COC(=O)CCCCCCCC)COC(=O)CCCCCCCC. The molecule has 0 aromatic heterocycles. The molecule has 17 nitrogen and oxygen atoms in total. The molecular formula is C58H104N2O15. The number of amides is 1. The van der Waals surface area contributed by atoms with E-state index in [0.717, 1.165) is 128 Å². The van der Waals surface area contributed by atoms with Crippen LogP contribution in [0.25, 0.3) is 0 Å². The minimum absolute atomic E-state index is 0.0755. The van der Waals surface area contributed by atoms with Gasteiger partial charge in [-0.15, -0.1) is 0 Å². The van der Waals surface area contributed by atoms with Crippen LogP contribution >= 0.6 is 0 Å². The van der Waals surface area contributed by atoms with Crippen LogP contribution in [0.1, 0.15) is 233 Å². The number of unbranched alkanes of at least 4 members (excludes halogenated alkanes) is 20. The van der Waals surface area contributed by atoms with Crippen LogP contribution in [0.5, 0.6) is 0 Å². The molecule has 0 aromatic carbocycles. The van der Waals surface area contributed by atoms with E-state index in [0.29, 0.717) is 51.6 Å². The van der Waals surface area contributed by atoms with E-state index < -0.39 is 66.0 Å². The van der Waals surface area contributed by atoms with Crippen molar-refractivity contribution in [3.05, 3.63) is 0 Å². The molecule has 0 aromatic rings. The number of nitrogens with zero attached hydrogens (tertiary/aromatic N) is 2. The summed E-state index contributed by atoms with van der Waals surface area (Å²) in [6.45, 7) is 9.03. The molecule has 75 heavy (non-hydrogen) atoms. The fourth-order valence-corrected chi connectivity index (χ4v) is 8.72. The average molecular weight is 1070 g/mol. The third kappa shape index (κ3) is 39.1. The molecule has 0 saturated carbocycles. The van der Waals surface area contributed by atoms with Crippen molar-refractivity contribution in [3.63, 3.8) is 0 Å². The second kappa shape index (κ2) is 47.2. The first-order chi connectivity index (χ1) is 36.3. The maximum absolute atomic E-state index is 13.8. The Balaban J connectivity index is 3.19. The summed E-state index contributed by atoms with van der Waals surface area (Å²) >= 11 is 0. The number of aliphatic hydroxyl groups is 1. The fraction of sp³-hybridized carbons (Fsp3) is 0.879. The summed E-state index contributed by atoms with van der Waals surface area (Å²) in [5.41, 5.74) is 0. The molecule has 1 amide bonds. The Bertz CT molecular complexity index is 1360. The summed E-state index contributed by atoms with van der Waals surface area (Å²) in [5.74, 6) is -4.57. The number of likely N-dealkylation sites (tertiary alicyclic amines) is 1. The zero-order valence-electron chi connectivity index (χ0n) is 47.6. The van der Waals surface area contributed by atoms with Gasteiger partial charge < -0.3 is 48.1 Å². The summed E-state index contributed by atoms with van der Waals surface area (Å²) in [5, 5.41) is 9.17. The van der Waals surface area contributed by atoms with Crippen molar-refractivity contribution in [1.29, 1.82) is 0 Å². The zero-order chi connectivity index (χ0) is 55.2. The molecule has 1 aliphatic rings. The maximum Gasteiger partial charge on any atom is 0.410 e. The van der Waals surface area contributed by atoms with Gasteiger partial charge in [-0.05, 0) is 45.6 Å². The minimum Gasteiger partial charge on any atom is -0.465 e. The van der Waals surface area contributed by atoms with Gasteiger partial charge in [0, 0.05) is 57.2 Å². The lowest BCUT2D eigenvalue weighted by molar-refractivity contribution is -0.167. The van der Waals surface area contributed by atoms with Gasteiger partial charge in [0.2, 0.25) is 0 Å². The van der Waals surface area contributed by atoms with Crippen LogP contribution in [0.15, 0.2) is 0 Å². The van der Waals surface area contributed by atoms with E-state index in [1.54, 1.807) is 0 Å². The molecule has 0 unspecified atom stereocenters. The van der Waals surface area contributed by atoms with E-state index in [1.165, 1.54) is 4.90 Å². The molecule has 436 valence electrons. The monoisotopic (exact) mass is 1070 g/mol. The van der Waals surface area contributed by atoms with Gasteiger partial charge in [-0.2, -0.15) is 0 Å². The van der Waals surface area contributed by atoms with Crippen molar-refractivity contribution in [1.82, 2.24) is 9.80 Å². The van der Waals surface area contributed by atoms with Gasteiger partial charge in [0.15, 0.2) is 12.2 Å². The zero-order valence-corrected chi connectivity index (χ0v) is 47.6. The predicted molar refractivity (Wildman–Crippen MR) is 289 cm³/mol. The third-order valence-corrected chi connectivity index (χ3v) is 13.4. The number of carbonyl (C=O) groups is 7. The second-order valence-corrected chi connectivity index (χ2v) is 20.8. The highest BCUT2D eigenvalue weighted by Gasteiger charge is 2.42. The van der Waals surface area contributed by atoms with Crippen LogP contribution in [-0.2, 0) is 61.9 Å². The van der Waals surface area contributed by atoms with Crippen molar-refractivity contribution >= 4 is 41.9 Å². The van der Waals surface area contributed by atoms with E-state index in [9.17, 15) is 33.6 Å². The predicted octanol–water partition coefficient (Wildman–Crippen LogP) is 11.2. The van der Waals surface area contributed by atoms with Crippen molar-refractivity contribution in [2.24, 2.45) is 11.8 Å². The van der Waals surface area contributed by atoms with Crippen molar-refractivity contribution in [3.8, 4) is 0 Å². The van der Waals surface area contributed by atoms with Crippen molar-refractivity contribution < 1.29 is 71.8 Å². The Morgan fingerprint density at radius 3 is 1.05 bits per heavy atom. The number of esters is 6. The summed E-state index contributed by atoms with van der Waals surface area (Å²) in [6, 6.07) is 0. The average Bonchev–Trinajstić information content (AvgIpc) is 3.78. The van der Waals surface area contributed by atoms with Gasteiger partial charge in [0.1, 0.15) is 0 Å². The lowest BCUT2D eigenvalue weighted by Crippen LogP contribution is -2.36. The van der Waals surface area contributed by atoms with Crippen molar-refractivity contribution in [2.75, 3.05) is 72.9 Å². The molecule has 1 aliphatic heterocycles. The summed E-state index contributed by atoms with van der Waals surface area (Å²) in [4.78, 5) is 95.5. The highest BCUT2D eigenvalue weighted by molar-refractivity contribution is 5.74. The molecule has 0 bridgehead atoms. The first kappa shape index (κ1) is 69.0. The number of rotatable bonds is 49. The lowest BCUT2D eigenvalue weighted by Gasteiger charge is -2.22. The second-order valence-electron chi connectivity index (χ2n) is 20.8. The standard InChI is InChI=1S/C58H104N2O15/c1-6-10-14-18-22-26-32-52(62)70-44-48(45-71-53(63)33-27-23-19-15-11-7-2)40-56(66)74-50-42-60(58(68)69-39-31-37-59(5)36-30-38-61)43-51(50)75-57(67)41-49(46-72-54(64)34-28-24-20-16-12-8-3)47-73-55(65)35-29-25-21-17-13-9-4/h48-51,61H,6-47H2,1-5H3/t50-,51-/m0/s1. The first-order valence-corrected chi connectivity index (χ1v) is 29.6. The van der Waals surface area contributed by atoms with E-state index in [-0.39, 0.29) is 91.3 Å².